The van der Waals surface area contributed by atoms with Crippen molar-refractivity contribution in [1.82, 2.24) is 4.90 Å². The molecule has 6 nitrogen and oxygen atoms in total. The molecule has 1 fully saturated rings. The Morgan fingerprint density at radius 2 is 1.61 bits per heavy atom. The third-order valence-electron chi connectivity index (χ3n) is 5.77. The first-order valence-electron chi connectivity index (χ1n) is 10.7. The summed E-state index contributed by atoms with van der Waals surface area (Å²) in [7, 11) is -3.74. The number of piperazine rings is 1. The van der Waals surface area contributed by atoms with Gasteiger partial charge >= 0.3 is 0 Å². The molecule has 0 radical (unpaired) electrons. The van der Waals surface area contributed by atoms with Crippen LogP contribution in [0.3, 0.4) is 0 Å². The summed E-state index contributed by atoms with van der Waals surface area (Å²) in [6.45, 7) is 6.49. The summed E-state index contributed by atoms with van der Waals surface area (Å²) in [5.74, 6) is -0.117. The average Bonchev–Trinajstić information content (AvgIpc) is 2.80. The molecule has 1 aliphatic heterocycles. The molecule has 0 unspecified atom stereocenters. The maximum absolute atomic E-state index is 13.1. The van der Waals surface area contributed by atoms with E-state index in [0.717, 1.165) is 16.8 Å². The van der Waals surface area contributed by atoms with Crippen molar-refractivity contribution >= 4 is 38.9 Å². The number of nitrogens with one attached hydrogen (secondary N) is 1. The van der Waals surface area contributed by atoms with Gasteiger partial charge in [-0.25, -0.2) is 8.42 Å². The summed E-state index contributed by atoms with van der Waals surface area (Å²) in [4.78, 5) is 17.3. The molecule has 3 aromatic carbocycles. The number of amides is 1. The Balaban J connectivity index is 1.44. The van der Waals surface area contributed by atoms with E-state index in [1.807, 2.05) is 32.0 Å². The van der Waals surface area contributed by atoms with Crippen molar-refractivity contribution in [3.05, 3.63) is 88.4 Å². The fourth-order valence-electron chi connectivity index (χ4n) is 3.90. The van der Waals surface area contributed by atoms with Gasteiger partial charge in [0.05, 0.1) is 4.90 Å². The minimum Gasteiger partial charge on any atom is -0.368 e. The van der Waals surface area contributed by atoms with Gasteiger partial charge in [0.15, 0.2) is 0 Å². The topological polar surface area (TPSA) is 69.7 Å². The number of sulfonamides is 1. The number of benzene rings is 3. The molecule has 1 amide bonds. The van der Waals surface area contributed by atoms with Crippen molar-refractivity contribution in [2.24, 2.45) is 0 Å². The minimum absolute atomic E-state index is 0.117. The number of rotatable bonds is 5. The van der Waals surface area contributed by atoms with Gasteiger partial charge in [-0.3, -0.25) is 9.52 Å². The smallest absolute Gasteiger partial charge is 0.261 e. The van der Waals surface area contributed by atoms with Crippen molar-refractivity contribution in [1.29, 1.82) is 0 Å². The molecular weight excluding hydrogens is 458 g/mol. The van der Waals surface area contributed by atoms with Gasteiger partial charge in [0, 0.05) is 48.1 Å². The standard InChI is InChI=1S/C25H26ClN3O3S/c1-18-6-10-23(11-7-18)33(31,32)27-22-5-3-4-20(16-22)25(30)29-14-12-28(13-15-29)24-17-21(26)9-8-19(24)2/h3-11,16-17,27H,12-15H2,1-2H3. The maximum atomic E-state index is 13.1. The second-order valence-electron chi connectivity index (χ2n) is 8.21. The van der Waals surface area contributed by atoms with Crippen LogP contribution in [-0.4, -0.2) is 45.4 Å². The number of aryl methyl sites for hydroxylation is 2. The van der Waals surface area contributed by atoms with Gasteiger partial charge in [0.2, 0.25) is 0 Å². The highest BCUT2D eigenvalue weighted by Crippen LogP contribution is 2.26. The summed E-state index contributed by atoms with van der Waals surface area (Å²) in [6.07, 6.45) is 0. The second-order valence-corrected chi connectivity index (χ2v) is 10.3. The van der Waals surface area contributed by atoms with Crippen LogP contribution in [0.2, 0.25) is 5.02 Å². The van der Waals surface area contributed by atoms with Crippen molar-refractivity contribution in [3.8, 4) is 0 Å². The van der Waals surface area contributed by atoms with E-state index >= 15 is 0 Å². The van der Waals surface area contributed by atoms with Gasteiger partial charge in [-0.15, -0.1) is 0 Å². The van der Waals surface area contributed by atoms with Crippen LogP contribution in [0.5, 0.6) is 0 Å². The Hall–Kier alpha value is -3.03. The van der Waals surface area contributed by atoms with Crippen LogP contribution in [0.15, 0.2) is 71.6 Å². The molecule has 8 heteroatoms. The molecule has 4 rings (SSSR count). The van der Waals surface area contributed by atoms with Crippen LogP contribution in [0.4, 0.5) is 11.4 Å². The van der Waals surface area contributed by atoms with Crippen LogP contribution in [-0.2, 0) is 10.0 Å². The normalized spacial score (nSPS) is 14.3. The van der Waals surface area contributed by atoms with Crippen molar-refractivity contribution in [2.75, 3.05) is 35.8 Å². The second kappa shape index (κ2) is 9.45. The van der Waals surface area contributed by atoms with E-state index in [0.29, 0.717) is 42.5 Å². The monoisotopic (exact) mass is 483 g/mol. The van der Waals surface area contributed by atoms with Crippen LogP contribution < -0.4 is 9.62 Å². The maximum Gasteiger partial charge on any atom is 0.261 e. The molecule has 1 saturated heterocycles. The average molecular weight is 484 g/mol. The number of halogens is 1. The molecule has 0 saturated carbocycles. The number of anilines is 2. The van der Waals surface area contributed by atoms with E-state index in [1.54, 1.807) is 53.4 Å². The van der Waals surface area contributed by atoms with Crippen LogP contribution >= 0.6 is 11.6 Å². The number of carbonyl (C=O) groups is 1. The van der Waals surface area contributed by atoms with Crippen LogP contribution in [0.25, 0.3) is 0 Å². The van der Waals surface area contributed by atoms with Gasteiger partial charge in [-0.05, 0) is 61.9 Å². The molecule has 0 aliphatic carbocycles. The highest BCUT2D eigenvalue weighted by atomic mass is 35.5. The van der Waals surface area contributed by atoms with Crippen LogP contribution in [0.1, 0.15) is 21.5 Å². The molecule has 1 heterocycles. The van der Waals surface area contributed by atoms with E-state index in [1.165, 1.54) is 0 Å². The Morgan fingerprint density at radius 1 is 0.909 bits per heavy atom. The fourth-order valence-corrected chi connectivity index (χ4v) is 5.12. The number of nitrogens with zero attached hydrogens (tertiary/aromatic N) is 2. The molecule has 0 aromatic heterocycles. The first-order valence-corrected chi connectivity index (χ1v) is 12.6. The Morgan fingerprint density at radius 3 is 2.30 bits per heavy atom. The zero-order valence-electron chi connectivity index (χ0n) is 18.6. The lowest BCUT2D eigenvalue weighted by Gasteiger charge is -2.37. The minimum atomic E-state index is -3.74. The van der Waals surface area contributed by atoms with Gasteiger partial charge in [-0.1, -0.05) is 41.4 Å². The number of carbonyl (C=O) groups excluding carboxylic acids is 1. The summed E-state index contributed by atoms with van der Waals surface area (Å²) < 4.78 is 28.0. The Kier molecular flexibility index (Phi) is 6.63. The van der Waals surface area contributed by atoms with Gasteiger partial charge in [-0.2, -0.15) is 0 Å². The molecule has 33 heavy (non-hydrogen) atoms. The summed E-state index contributed by atoms with van der Waals surface area (Å²) in [5.41, 5.74) is 4.02. The molecule has 0 bridgehead atoms. The summed E-state index contributed by atoms with van der Waals surface area (Å²) in [6, 6.07) is 19.1. The SMILES string of the molecule is Cc1ccc(S(=O)(=O)Nc2cccc(C(=O)N3CCN(c4cc(Cl)ccc4C)CC3)c2)cc1. The van der Waals surface area contributed by atoms with E-state index < -0.39 is 10.0 Å². The first kappa shape index (κ1) is 23.1. The van der Waals surface area contributed by atoms with Crippen molar-refractivity contribution < 1.29 is 13.2 Å². The number of hydrogen-bond donors (Lipinski definition) is 1. The van der Waals surface area contributed by atoms with Gasteiger partial charge in [0.1, 0.15) is 0 Å². The van der Waals surface area contributed by atoms with Gasteiger partial charge < -0.3 is 9.80 Å². The predicted molar refractivity (Wildman–Crippen MR) is 133 cm³/mol. The zero-order valence-corrected chi connectivity index (χ0v) is 20.2. The lowest BCUT2D eigenvalue weighted by molar-refractivity contribution is 0.0747. The zero-order chi connectivity index (χ0) is 23.6. The lowest BCUT2D eigenvalue weighted by Crippen LogP contribution is -2.49. The first-order chi connectivity index (χ1) is 15.7. The third kappa shape index (κ3) is 5.31. The third-order valence-corrected chi connectivity index (χ3v) is 7.40. The molecule has 0 atom stereocenters. The Labute approximate surface area is 199 Å². The highest BCUT2D eigenvalue weighted by Gasteiger charge is 2.24. The van der Waals surface area contributed by atoms with E-state index in [-0.39, 0.29) is 10.8 Å². The van der Waals surface area contributed by atoms with E-state index in [2.05, 4.69) is 9.62 Å². The Bertz CT molecular complexity index is 1270. The summed E-state index contributed by atoms with van der Waals surface area (Å²) in [5, 5.41) is 0.694. The highest BCUT2D eigenvalue weighted by molar-refractivity contribution is 7.92. The largest absolute Gasteiger partial charge is 0.368 e. The lowest BCUT2D eigenvalue weighted by atomic mass is 10.1. The van der Waals surface area contributed by atoms with Gasteiger partial charge in [0.25, 0.3) is 15.9 Å². The van der Waals surface area contributed by atoms with Crippen molar-refractivity contribution in [2.45, 2.75) is 18.7 Å². The van der Waals surface area contributed by atoms with Crippen molar-refractivity contribution in [3.63, 3.8) is 0 Å². The van der Waals surface area contributed by atoms with E-state index in [4.69, 9.17) is 11.6 Å². The molecule has 172 valence electrons. The molecule has 3 aromatic rings. The molecule has 0 spiro atoms. The summed E-state index contributed by atoms with van der Waals surface area (Å²) >= 11 is 6.16. The molecule has 1 N–H and O–H groups in total. The van der Waals surface area contributed by atoms with E-state index in [9.17, 15) is 13.2 Å². The number of hydrogen-bond acceptors (Lipinski definition) is 4. The fraction of sp³-hybridized carbons (Fsp3) is 0.240. The van der Waals surface area contributed by atoms with Crippen LogP contribution in [0, 0.1) is 13.8 Å². The molecular formula is C25H26ClN3O3S. The predicted octanol–water partition coefficient (Wildman–Crippen LogP) is 4.72. The quantitative estimate of drug-likeness (QED) is 0.570. The molecule has 1 aliphatic rings.